The third kappa shape index (κ3) is 6.43. The number of amides is 3. The van der Waals surface area contributed by atoms with Crippen molar-refractivity contribution in [1.82, 2.24) is 16.2 Å². The van der Waals surface area contributed by atoms with Crippen molar-refractivity contribution in [2.75, 3.05) is 18.4 Å². The Hall–Kier alpha value is -4.13. The maximum atomic E-state index is 12.3. The predicted octanol–water partition coefficient (Wildman–Crippen LogP) is 2.96. The van der Waals surface area contributed by atoms with Crippen LogP contribution >= 0.6 is 0 Å². The Balaban J connectivity index is 1.39. The minimum Gasteiger partial charge on any atom is -0.376 e. The van der Waals surface area contributed by atoms with E-state index in [2.05, 4.69) is 21.5 Å². The molecule has 3 aromatic rings. The van der Waals surface area contributed by atoms with E-state index >= 15 is 0 Å². The first-order valence-corrected chi connectivity index (χ1v) is 10.2. The quantitative estimate of drug-likeness (QED) is 0.433. The zero-order chi connectivity index (χ0) is 22.9. The molecule has 0 spiro atoms. The van der Waals surface area contributed by atoms with Crippen LogP contribution < -0.4 is 21.5 Å². The molecule has 0 bridgehead atoms. The van der Waals surface area contributed by atoms with Gasteiger partial charge < -0.3 is 10.6 Å². The van der Waals surface area contributed by atoms with Gasteiger partial charge in [-0.2, -0.15) is 0 Å². The molecule has 3 rings (SSSR count). The van der Waals surface area contributed by atoms with Crippen LogP contribution in [0.25, 0.3) is 11.1 Å². The van der Waals surface area contributed by atoms with E-state index in [1.54, 1.807) is 12.1 Å². The predicted molar refractivity (Wildman–Crippen MR) is 125 cm³/mol. The Labute approximate surface area is 187 Å². The average Bonchev–Trinajstić information content (AvgIpc) is 2.81. The number of hydrogen-bond donors (Lipinski definition) is 4. The van der Waals surface area contributed by atoms with E-state index in [1.807, 2.05) is 74.5 Å². The zero-order valence-corrected chi connectivity index (χ0v) is 18.1. The van der Waals surface area contributed by atoms with Gasteiger partial charge in [0.25, 0.3) is 17.7 Å². The van der Waals surface area contributed by atoms with E-state index < -0.39 is 11.8 Å². The van der Waals surface area contributed by atoms with Crippen LogP contribution in [0, 0.1) is 13.8 Å². The Morgan fingerprint density at radius 3 is 2.00 bits per heavy atom. The van der Waals surface area contributed by atoms with Gasteiger partial charge in [0.15, 0.2) is 0 Å². The standard InChI is InChI=1S/C25H26N4O3/c1-17-8-13-22(18(2)14-17)26-15-23(30)28-29-24(31)16-27-25(32)21-11-9-20(10-12-21)19-6-4-3-5-7-19/h3-14,26H,15-16H2,1-2H3,(H,27,32)(H,28,30)(H,29,31). The highest BCUT2D eigenvalue weighted by molar-refractivity contribution is 5.97. The highest BCUT2D eigenvalue weighted by Gasteiger charge is 2.10. The van der Waals surface area contributed by atoms with Gasteiger partial charge in [-0.15, -0.1) is 0 Å². The lowest BCUT2D eigenvalue weighted by molar-refractivity contribution is -0.127. The molecule has 0 fully saturated rings. The minimum absolute atomic E-state index is 0.00427. The molecule has 0 saturated heterocycles. The number of anilines is 1. The van der Waals surface area contributed by atoms with Gasteiger partial charge in [0, 0.05) is 11.3 Å². The van der Waals surface area contributed by atoms with E-state index in [1.165, 1.54) is 0 Å². The number of hydrazine groups is 1. The number of rotatable bonds is 7. The summed E-state index contributed by atoms with van der Waals surface area (Å²) in [6, 6.07) is 22.8. The van der Waals surface area contributed by atoms with Gasteiger partial charge in [0.2, 0.25) is 0 Å². The van der Waals surface area contributed by atoms with Crippen LogP contribution in [0.15, 0.2) is 72.8 Å². The zero-order valence-electron chi connectivity index (χ0n) is 18.1. The van der Waals surface area contributed by atoms with Crippen molar-refractivity contribution in [2.45, 2.75) is 13.8 Å². The first-order valence-electron chi connectivity index (χ1n) is 10.2. The summed E-state index contributed by atoms with van der Waals surface area (Å²) in [6.45, 7) is 3.69. The fourth-order valence-electron chi connectivity index (χ4n) is 3.12. The van der Waals surface area contributed by atoms with Gasteiger partial charge in [0.05, 0.1) is 13.1 Å². The van der Waals surface area contributed by atoms with Gasteiger partial charge in [-0.05, 0) is 48.7 Å². The second kappa shape index (κ2) is 10.8. The Morgan fingerprint density at radius 2 is 1.34 bits per heavy atom. The van der Waals surface area contributed by atoms with Crippen LogP contribution in [0.5, 0.6) is 0 Å². The van der Waals surface area contributed by atoms with Crippen LogP contribution in [-0.4, -0.2) is 30.8 Å². The van der Waals surface area contributed by atoms with Gasteiger partial charge in [-0.3, -0.25) is 25.2 Å². The molecule has 0 aliphatic heterocycles. The van der Waals surface area contributed by atoms with Crippen LogP contribution in [0.3, 0.4) is 0 Å². The van der Waals surface area contributed by atoms with E-state index in [0.29, 0.717) is 5.56 Å². The number of carbonyl (C=O) groups excluding carboxylic acids is 3. The topological polar surface area (TPSA) is 99.3 Å². The van der Waals surface area contributed by atoms with Gasteiger partial charge in [0.1, 0.15) is 0 Å². The van der Waals surface area contributed by atoms with E-state index in [0.717, 1.165) is 27.9 Å². The number of carbonyl (C=O) groups is 3. The molecule has 0 heterocycles. The van der Waals surface area contributed by atoms with Crippen molar-refractivity contribution in [3.05, 3.63) is 89.5 Å². The number of aryl methyl sites for hydroxylation is 2. The smallest absolute Gasteiger partial charge is 0.257 e. The molecule has 7 nitrogen and oxygen atoms in total. The summed E-state index contributed by atoms with van der Waals surface area (Å²) in [5, 5.41) is 5.55. The normalized spacial score (nSPS) is 10.2. The molecule has 3 aromatic carbocycles. The van der Waals surface area contributed by atoms with Crippen molar-refractivity contribution in [1.29, 1.82) is 0 Å². The first kappa shape index (κ1) is 22.6. The maximum absolute atomic E-state index is 12.3. The lowest BCUT2D eigenvalue weighted by Gasteiger charge is -2.11. The molecule has 0 saturated carbocycles. The summed E-state index contributed by atoms with van der Waals surface area (Å²) in [4.78, 5) is 36.1. The van der Waals surface area contributed by atoms with E-state index in [4.69, 9.17) is 0 Å². The van der Waals surface area contributed by atoms with E-state index in [-0.39, 0.29) is 19.0 Å². The molecule has 7 heteroatoms. The molecule has 4 N–H and O–H groups in total. The molecule has 0 unspecified atom stereocenters. The average molecular weight is 431 g/mol. The lowest BCUT2D eigenvalue weighted by Crippen LogP contribution is -2.48. The second-order valence-corrected chi connectivity index (χ2v) is 7.39. The largest absolute Gasteiger partial charge is 0.376 e. The summed E-state index contributed by atoms with van der Waals surface area (Å²) < 4.78 is 0. The molecule has 164 valence electrons. The van der Waals surface area contributed by atoms with Crippen molar-refractivity contribution >= 4 is 23.4 Å². The molecular weight excluding hydrogens is 404 g/mol. The lowest BCUT2D eigenvalue weighted by atomic mass is 10.0. The van der Waals surface area contributed by atoms with Crippen LogP contribution in [-0.2, 0) is 9.59 Å². The van der Waals surface area contributed by atoms with E-state index in [9.17, 15) is 14.4 Å². The van der Waals surface area contributed by atoms with Gasteiger partial charge in [-0.25, -0.2) is 0 Å². The first-order chi connectivity index (χ1) is 15.4. The summed E-state index contributed by atoms with van der Waals surface area (Å²) in [7, 11) is 0. The maximum Gasteiger partial charge on any atom is 0.257 e. The van der Waals surface area contributed by atoms with Crippen molar-refractivity contribution < 1.29 is 14.4 Å². The van der Waals surface area contributed by atoms with Crippen molar-refractivity contribution in [3.63, 3.8) is 0 Å². The fourth-order valence-corrected chi connectivity index (χ4v) is 3.12. The molecule has 0 aliphatic carbocycles. The summed E-state index contributed by atoms with van der Waals surface area (Å²) in [5.41, 5.74) is 10.1. The third-order valence-corrected chi connectivity index (χ3v) is 4.83. The third-order valence-electron chi connectivity index (χ3n) is 4.83. The summed E-state index contributed by atoms with van der Waals surface area (Å²) in [5.74, 6) is -1.30. The van der Waals surface area contributed by atoms with Crippen LogP contribution in [0.4, 0.5) is 5.69 Å². The van der Waals surface area contributed by atoms with Gasteiger partial charge >= 0.3 is 0 Å². The Bertz CT molecular complexity index is 1100. The number of nitrogens with one attached hydrogen (secondary N) is 4. The molecule has 0 aliphatic rings. The van der Waals surface area contributed by atoms with Crippen molar-refractivity contribution in [2.24, 2.45) is 0 Å². The monoisotopic (exact) mass is 430 g/mol. The van der Waals surface area contributed by atoms with Gasteiger partial charge in [-0.1, -0.05) is 60.2 Å². The fraction of sp³-hybridized carbons (Fsp3) is 0.160. The second-order valence-electron chi connectivity index (χ2n) is 7.39. The minimum atomic E-state index is -0.529. The molecule has 0 radical (unpaired) electrons. The Kier molecular flexibility index (Phi) is 7.59. The number of hydrogen-bond acceptors (Lipinski definition) is 4. The number of benzene rings is 3. The SMILES string of the molecule is Cc1ccc(NCC(=O)NNC(=O)CNC(=O)c2ccc(-c3ccccc3)cc2)c(C)c1. The molecular formula is C25H26N4O3. The Morgan fingerprint density at radius 1 is 0.719 bits per heavy atom. The molecule has 0 atom stereocenters. The molecule has 3 amide bonds. The summed E-state index contributed by atoms with van der Waals surface area (Å²) >= 11 is 0. The summed E-state index contributed by atoms with van der Waals surface area (Å²) in [6.07, 6.45) is 0. The highest BCUT2D eigenvalue weighted by Crippen LogP contribution is 2.19. The van der Waals surface area contributed by atoms with Crippen molar-refractivity contribution in [3.8, 4) is 11.1 Å². The van der Waals surface area contributed by atoms with Crippen LogP contribution in [0.2, 0.25) is 0 Å². The van der Waals surface area contributed by atoms with Crippen LogP contribution in [0.1, 0.15) is 21.5 Å². The molecule has 0 aromatic heterocycles. The molecule has 32 heavy (non-hydrogen) atoms. The highest BCUT2D eigenvalue weighted by atomic mass is 16.2.